The third-order valence-electron chi connectivity index (χ3n) is 7.06. The summed E-state index contributed by atoms with van der Waals surface area (Å²) in [5, 5.41) is 4.49. The number of Topliss-reactive ketones (excluding diaryl/α,β-unsaturated/α-hetero) is 1. The van der Waals surface area contributed by atoms with Crippen LogP contribution in [0.25, 0.3) is 0 Å². The number of nitrogens with one attached hydrogen (secondary N) is 3. The van der Waals surface area contributed by atoms with E-state index < -0.39 is 47.9 Å². The normalized spacial score (nSPS) is 21.9. The zero-order valence-electron chi connectivity index (χ0n) is 19.5. The maximum Gasteiger partial charge on any atom is 0.379 e. The van der Waals surface area contributed by atoms with Crippen molar-refractivity contribution >= 4 is 35.1 Å². The van der Waals surface area contributed by atoms with Crippen LogP contribution in [0.1, 0.15) is 57.4 Å². The fourth-order valence-corrected chi connectivity index (χ4v) is 5.32. The van der Waals surface area contributed by atoms with Crippen molar-refractivity contribution in [3.8, 4) is 0 Å². The number of nitrogen functional groups attached to an aromatic ring is 1. The Hall–Kier alpha value is -4.03. The Bertz CT molecular complexity index is 1310. The molecule has 36 heavy (non-hydrogen) atoms. The molecule has 2 aliphatic carbocycles. The molecule has 2 atom stereocenters. The van der Waals surface area contributed by atoms with Crippen LogP contribution < -0.4 is 21.8 Å². The molecule has 11 nitrogen and oxygen atoms in total. The summed E-state index contributed by atoms with van der Waals surface area (Å²) in [5.74, 6) is -6.57. The lowest BCUT2D eigenvalue weighted by atomic mass is 9.72. The van der Waals surface area contributed by atoms with Gasteiger partial charge in [-0.25, -0.2) is 18.6 Å². The van der Waals surface area contributed by atoms with Gasteiger partial charge in [-0.05, 0) is 43.4 Å². The first kappa shape index (κ1) is 23.7. The van der Waals surface area contributed by atoms with Gasteiger partial charge in [0.2, 0.25) is 5.91 Å². The minimum absolute atomic E-state index is 0.00619. The van der Waals surface area contributed by atoms with E-state index in [0.717, 1.165) is 6.42 Å². The molecule has 2 fully saturated rings. The highest BCUT2D eigenvalue weighted by atomic mass is 19.3. The molecule has 13 heteroatoms. The summed E-state index contributed by atoms with van der Waals surface area (Å²) in [5.41, 5.74) is 7.44. The second kappa shape index (κ2) is 8.00. The Morgan fingerprint density at radius 1 is 1.25 bits per heavy atom. The Morgan fingerprint density at radius 3 is 2.61 bits per heavy atom. The molecule has 2 saturated carbocycles. The maximum absolute atomic E-state index is 13.6. The number of hydrogen-bond donors (Lipinski definition) is 4. The fourth-order valence-electron chi connectivity index (χ4n) is 5.32. The zero-order chi connectivity index (χ0) is 26.0. The summed E-state index contributed by atoms with van der Waals surface area (Å²) >= 11 is 0. The lowest BCUT2D eigenvalue weighted by Gasteiger charge is -2.45. The number of nitrogens with two attached hydrogens (primary N) is 1. The number of likely N-dealkylation sites (N-methyl/N-ethyl adjacent to an activating group) is 1. The number of pyridine rings is 1. The van der Waals surface area contributed by atoms with Gasteiger partial charge in [-0.2, -0.15) is 5.48 Å². The highest BCUT2D eigenvalue weighted by molar-refractivity contribution is 6.44. The molecule has 5 rings (SSSR count). The summed E-state index contributed by atoms with van der Waals surface area (Å²) in [6.07, 6.45) is 0.939. The molecule has 0 spiro atoms. The highest BCUT2D eigenvalue weighted by Gasteiger charge is 2.62. The van der Waals surface area contributed by atoms with Crippen molar-refractivity contribution < 1.29 is 32.8 Å². The standard InChI is InChI=1S/C23H24F2N6O5/c1-10-15(17(32)19(33)29-22(21(35)27-2)8-23(24,25)9-22)14-7-11-6-13(11)31(14)16(10)20(34)36-30-18-12(26)4-3-5-28-18/h3-5,11,13H,6-9,26H2,1-2H3,(H,27,35)(H,28,30)(H,29,33). The molecule has 0 saturated heterocycles. The van der Waals surface area contributed by atoms with Crippen LogP contribution in [-0.2, 0) is 20.8 Å². The average Bonchev–Trinajstić information content (AvgIpc) is 3.39. The van der Waals surface area contributed by atoms with Gasteiger partial charge >= 0.3 is 5.97 Å². The number of anilines is 2. The van der Waals surface area contributed by atoms with Crippen molar-refractivity contribution in [2.75, 3.05) is 18.3 Å². The van der Waals surface area contributed by atoms with Crippen molar-refractivity contribution in [2.24, 2.45) is 5.92 Å². The first-order valence-corrected chi connectivity index (χ1v) is 11.4. The van der Waals surface area contributed by atoms with Crippen LogP contribution in [0.2, 0.25) is 0 Å². The molecular formula is C23H24F2N6O5. The Kier molecular flexibility index (Phi) is 5.27. The number of aromatic nitrogens is 2. The van der Waals surface area contributed by atoms with Crippen LogP contribution in [0, 0.1) is 12.8 Å². The van der Waals surface area contributed by atoms with Crippen LogP contribution in [0.5, 0.6) is 0 Å². The second-order valence-corrected chi connectivity index (χ2v) is 9.52. The first-order valence-electron chi connectivity index (χ1n) is 11.4. The van der Waals surface area contributed by atoms with Crippen LogP contribution in [0.3, 0.4) is 0 Å². The van der Waals surface area contributed by atoms with Gasteiger partial charge in [-0.1, -0.05) is 0 Å². The van der Waals surface area contributed by atoms with Crippen molar-refractivity contribution in [3.05, 3.63) is 40.8 Å². The van der Waals surface area contributed by atoms with Crippen molar-refractivity contribution in [2.45, 2.75) is 50.1 Å². The lowest BCUT2D eigenvalue weighted by molar-refractivity contribution is -0.164. The van der Waals surface area contributed by atoms with Gasteiger partial charge in [0, 0.05) is 37.8 Å². The number of carbonyl (C=O) groups excluding carboxylic acids is 4. The predicted octanol–water partition coefficient (Wildman–Crippen LogP) is 1.29. The number of hydrogen-bond acceptors (Lipinski definition) is 8. The Morgan fingerprint density at radius 2 is 1.97 bits per heavy atom. The molecule has 2 aromatic heterocycles. The third kappa shape index (κ3) is 3.65. The molecule has 2 unspecified atom stereocenters. The fraction of sp³-hybridized carbons (Fsp3) is 0.435. The number of fused-ring (bicyclic) bond motifs is 3. The summed E-state index contributed by atoms with van der Waals surface area (Å²) < 4.78 is 28.9. The van der Waals surface area contributed by atoms with Crippen molar-refractivity contribution in [1.29, 1.82) is 0 Å². The molecule has 0 bridgehead atoms. The van der Waals surface area contributed by atoms with Gasteiger partial charge in [-0.3, -0.25) is 14.4 Å². The van der Waals surface area contributed by atoms with Gasteiger partial charge < -0.3 is 25.8 Å². The Labute approximate surface area is 203 Å². The topological polar surface area (TPSA) is 157 Å². The summed E-state index contributed by atoms with van der Waals surface area (Å²) in [6.45, 7) is 1.51. The van der Waals surface area contributed by atoms with E-state index in [-0.39, 0.29) is 40.3 Å². The third-order valence-corrected chi connectivity index (χ3v) is 7.06. The van der Waals surface area contributed by atoms with Gasteiger partial charge in [0.25, 0.3) is 17.6 Å². The van der Waals surface area contributed by atoms with Gasteiger partial charge in [0.15, 0.2) is 5.82 Å². The monoisotopic (exact) mass is 502 g/mol. The molecule has 0 aromatic carbocycles. The van der Waals surface area contributed by atoms with Gasteiger partial charge in [0.05, 0.1) is 11.3 Å². The van der Waals surface area contributed by atoms with Crippen LogP contribution in [0.4, 0.5) is 20.3 Å². The average molecular weight is 502 g/mol. The predicted molar refractivity (Wildman–Crippen MR) is 121 cm³/mol. The van der Waals surface area contributed by atoms with E-state index in [4.69, 9.17) is 10.6 Å². The molecule has 2 amide bonds. The second-order valence-electron chi connectivity index (χ2n) is 9.52. The van der Waals surface area contributed by atoms with Crippen molar-refractivity contribution in [3.63, 3.8) is 0 Å². The largest absolute Gasteiger partial charge is 0.396 e. The number of halogens is 2. The van der Waals surface area contributed by atoms with E-state index in [1.54, 1.807) is 16.7 Å². The molecule has 3 heterocycles. The number of amides is 2. The highest BCUT2D eigenvalue weighted by Crippen LogP contribution is 2.54. The summed E-state index contributed by atoms with van der Waals surface area (Å²) in [6, 6.07) is 3.17. The molecule has 3 aliphatic rings. The molecule has 5 N–H and O–H groups in total. The SMILES string of the molecule is CNC(=O)C1(NC(=O)C(=O)c2c(C)c(C(=O)ONc3ncccc3N)n3c2CC2CC23)CC(F)(F)C1. The van der Waals surface area contributed by atoms with E-state index in [1.807, 2.05) is 0 Å². The number of carbonyl (C=O) groups is 4. The van der Waals surface area contributed by atoms with Crippen molar-refractivity contribution in [1.82, 2.24) is 20.2 Å². The zero-order valence-corrected chi connectivity index (χ0v) is 19.5. The molecule has 190 valence electrons. The van der Waals surface area contributed by atoms with Crippen LogP contribution >= 0.6 is 0 Å². The van der Waals surface area contributed by atoms with E-state index in [0.29, 0.717) is 12.1 Å². The smallest absolute Gasteiger partial charge is 0.379 e. The van der Waals surface area contributed by atoms with E-state index in [2.05, 4.69) is 21.1 Å². The first-order chi connectivity index (χ1) is 17.0. The lowest BCUT2D eigenvalue weighted by Crippen LogP contribution is -2.69. The van der Waals surface area contributed by atoms with Gasteiger partial charge in [0.1, 0.15) is 11.2 Å². The number of alkyl halides is 2. The summed E-state index contributed by atoms with van der Waals surface area (Å²) in [4.78, 5) is 60.6. The molecule has 2 aromatic rings. The number of ketones is 1. The summed E-state index contributed by atoms with van der Waals surface area (Å²) in [7, 11) is 1.26. The minimum atomic E-state index is -3.13. The molecule has 1 aliphatic heterocycles. The Balaban J connectivity index is 1.41. The van der Waals surface area contributed by atoms with Gasteiger partial charge in [-0.15, -0.1) is 0 Å². The maximum atomic E-state index is 13.6. The van der Waals surface area contributed by atoms with E-state index >= 15 is 0 Å². The number of rotatable bonds is 7. The van der Waals surface area contributed by atoms with Crippen LogP contribution in [0.15, 0.2) is 18.3 Å². The minimum Gasteiger partial charge on any atom is -0.396 e. The molecule has 0 radical (unpaired) electrons. The van der Waals surface area contributed by atoms with E-state index in [9.17, 15) is 28.0 Å². The quantitative estimate of drug-likeness (QED) is 0.251. The number of nitrogens with zero attached hydrogens (tertiary/aromatic N) is 2. The molecular weight excluding hydrogens is 478 g/mol. The van der Waals surface area contributed by atoms with E-state index in [1.165, 1.54) is 20.2 Å². The van der Waals surface area contributed by atoms with Crippen LogP contribution in [-0.4, -0.2) is 51.6 Å².